The molecule has 0 radical (unpaired) electrons. The Kier molecular flexibility index (Phi) is 3.25. The average molecular weight is 260 g/mol. The first-order valence-corrected chi connectivity index (χ1v) is 3.84. The number of alkyl halides is 5. The van der Waals surface area contributed by atoms with Gasteiger partial charge in [-0.05, 0) is 9.91 Å². The van der Waals surface area contributed by atoms with Crippen LogP contribution in [-0.4, -0.2) is 9.91 Å². The molecular weight excluding hydrogens is 258 g/mol. The second kappa shape index (κ2) is 4.18. The molecule has 4 nitrogen and oxygen atoms in total. The molecule has 0 fully saturated rings. The molecule has 0 aliphatic carbocycles. The van der Waals surface area contributed by atoms with Gasteiger partial charge in [0.05, 0.1) is 5.56 Å². The molecule has 0 amide bonds. The van der Waals surface area contributed by atoms with Crippen LogP contribution in [0, 0.1) is 15.9 Å². The lowest BCUT2D eigenvalue weighted by Gasteiger charge is -2.11. The zero-order chi connectivity index (χ0) is 13.4. The quantitative estimate of drug-likeness (QED) is 0.466. The van der Waals surface area contributed by atoms with E-state index in [1.165, 1.54) is 0 Å². The highest BCUT2D eigenvalue weighted by molar-refractivity contribution is 5.43. The van der Waals surface area contributed by atoms with Crippen molar-refractivity contribution in [3.8, 4) is 0 Å². The van der Waals surface area contributed by atoms with Crippen LogP contribution >= 0.6 is 0 Å². The fourth-order valence-electron chi connectivity index (χ4n) is 1.12. The summed E-state index contributed by atoms with van der Waals surface area (Å²) in [5, 5.41) is 10.2. The van der Waals surface area contributed by atoms with Crippen LogP contribution in [0.2, 0.25) is 0 Å². The van der Waals surface area contributed by atoms with Gasteiger partial charge in [0.25, 0.3) is 6.43 Å². The van der Waals surface area contributed by atoms with E-state index in [9.17, 15) is 36.5 Å². The average Bonchev–Trinajstić information content (AvgIpc) is 2.14. The molecule has 0 saturated carbocycles. The minimum atomic E-state index is -5.50. The Morgan fingerprint density at radius 1 is 1.35 bits per heavy atom. The largest absolute Gasteiger partial charge is 0.425 e. The molecule has 0 atom stereocenters. The fourth-order valence-corrected chi connectivity index (χ4v) is 1.12. The van der Waals surface area contributed by atoms with Crippen molar-refractivity contribution in [2.24, 2.45) is 0 Å². The van der Waals surface area contributed by atoms with Gasteiger partial charge < -0.3 is 10.1 Å². The first kappa shape index (κ1) is 13.2. The zero-order valence-electron chi connectivity index (χ0n) is 7.63. The molecule has 94 valence electrons. The lowest BCUT2D eigenvalue weighted by molar-refractivity contribution is -0.393. The van der Waals surface area contributed by atoms with E-state index in [0.29, 0.717) is 0 Å². The van der Waals surface area contributed by atoms with E-state index in [4.69, 9.17) is 0 Å². The van der Waals surface area contributed by atoms with Gasteiger partial charge in [-0.25, -0.2) is 13.2 Å². The van der Waals surface area contributed by atoms with Gasteiger partial charge in [0.15, 0.2) is 17.6 Å². The monoisotopic (exact) mass is 260 g/mol. The highest BCUT2D eigenvalue weighted by atomic mass is 19.4. The van der Waals surface area contributed by atoms with Crippen LogP contribution in [0.15, 0.2) is 6.20 Å². The Morgan fingerprint density at radius 2 is 1.88 bits per heavy atom. The summed E-state index contributed by atoms with van der Waals surface area (Å²) in [6.07, 6.45) is -9.38. The molecule has 0 aliphatic rings. The van der Waals surface area contributed by atoms with Crippen LogP contribution < -0.4 is 0 Å². The van der Waals surface area contributed by atoms with Crippen LogP contribution in [-0.2, 0) is 6.18 Å². The third-order valence-corrected chi connectivity index (χ3v) is 1.73. The Labute approximate surface area is 89.0 Å². The topological polar surface area (TPSA) is 56.0 Å². The summed E-state index contributed by atoms with van der Waals surface area (Å²) >= 11 is 0. The highest BCUT2D eigenvalue weighted by Gasteiger charge is 2.45. The lowest BCUT2D eigenvalue weighted by atomic mass is 10.1. The smallest absolute Gasteiger partial charge is 0.358 e. The molecule has 0 aromatic carbocycles. The molecule has 1 aromatic heterocycles. The molecule has 10 heteroatoms. The number of rotatable bonds is 2. The van der Waals surface area contributed by atoms with E-state index in [1.54, 1.807) is 0 Å². The standard InChI is InChI=1S/C7H2F6N2O2/c8-2-1-14-6(15(16)17)4(7(11,12)13)3(2)5(9)10/h1,5H. The second-order valence-electron chi connectivity index (χ2n) is 2.77. The maximum Gasteiger partial charge on any atom is 0.425 e. The Morgan fingerprint density at radius 3 is 2.24 bits per heavy atom. The molecule has 17 heavy (non-hydrogen) atoms. The van der Waals surface area contributed by atoms with Gasteiger partial charge in [0.2, 0.25) is 0 Å². The summed E-state index contributed by atoms with van der Waals surface area (Å²) in [7, 11) is 0. The van der Waals surface area contributed by atoms with Crippen molar-refractivity contribution in [1.29, 1.82) is 0 Å². The molecule has 1 aromatic rings. The predicted molar refractivity (Wildman–Crippen MR) is 40.8 cm³/mol. The molecule has 1 rings (SSSR count). The van der Waals surface area contributed by atoms with E-state index >= 15 is 0 Å². The van der Waals surface area contributed by atoms with Crippen molar-refractivity contribution in [3.63, 3.8) is 0 Å². The van der Waals surface area contributed by atoms with Crippen molar-refractivity contribution >= 4 is 5.82 Å². The van der Waals surface area contributed by atoms with E-state index in [0.717, 1.165) is 0 Å². The van der Waals surface area contributed by atoms with Crippen molar-refractivity contribution in [3.05, 3.63) is 33.3 Å². The van der Waals surface area contributed by atoms with E-state index in [2.05, 4.69) is 4.98 Å². The fraction of sp³-hybridized carbons (Fsp3) is 0.286. The minimum Gasteiger partial charge on any atom is -0.358 e. The van der Waals surface area contributed by atoms with E-state index in [-0.39, 0.29) is 6.20 Å². The first-order chi connectivity index (χ1) is 7.66. The number of nitrogens with zero attached hydrogens (tertiary/aromatic N) is 2. The van der Waals surface area contributed by atoms with Gasteiger partial charge in [0, 0.05) is 0 Å². The third-order valence-electron chi connectivity index (χ3n) is 1.73. The predicted octanol–water partition coefficient (Wildman–Crippen LogP) is 3.09. The SMILES string of the molecule is O=[N+]([O-])c1ncc(F)c(C(F)F)c1C(F)(F)F. The third kappa shape index (κ3) is 2.45. The Hall–Kier alpha value is -1.87. The van der Waals surface area contributed by atoms with Crippen LogP contribution in [0.5, 0.6) is 0 Å². The normalized spacial score (nSPS) is 11.9. The lowest BCUT2D eigenvalue weighted by Crippen LogP contribution is -2.16. The van der Waals surface area contributed by atoms with Gasteiger partial charge in [-0.3, -0.25) is 0 Å². The number of aromatic nitrogens is 1. The van der Waals surface area contributed by atoms with Crippen LogP contribution in [0.4, 0.5) is 32.2 Å². The second-order valence-corrected chi connectivity index (χ2v) is 2.77. The maximum absolute atomic E-state index is 12.8. The maximum atomic E-state index is 12.8. The van der Waals surface area contributed by atoms with Gasteiger partial charge in [0.1, 0.15) is 0 Å². The molecule has 0 aliphatic heterocycles. The molecule has 1 heterocycles. The summed E-state index contributed by atoms with van der Waals surface area (Å²) in [4.78, 5) is 11.2. The van der Waals surface area contributed by atoms with E-state index in [1.807, 2.05) is 0 Å². The summed E-state index contributed by atoms with van der Waals surface area (Å²) in [5.41, 5.74) is -4.43. The number of halogens is 6. The van der Waals surface area contributed by atoms with Crippen LogP contribution in [0.3, 0.4) is 0 Å². The summed E-state index contributed by atoms with van der Waals surface area (Å²) < 4.78 is 74.4. The summed E-state index contributed by atoms with van der Waals surface area (Å²) in [5.74, 6) is -3.80. The molecular formula is C7H2F6N2O2. The molecule has 0 spiro atoms. The van der Waals surface area contributed by atoms with Gasteiger partial charge in [-0.1, -0.05) is 0 Å². The molecule has 0 unspecified atom stereocenters. The van der Waals surface area contributed by atoms with Crippen LogP contribution in [0.1, 0.15) is 17.6 Å². The van der Waals surface area contributed by atoms with Gasteiger partial charge in [-0.2, -0.15) is 13.2 Å². The van der Waals surface area contributed by atoms with Crippen molar-refractivity contribution in [1.82, 2.24) is 4.98 Å². The number of hydrogen-bond acceptors (Lipinski definition) is 3. The zero-order valence-corrected chi connectivity index (χ0v) is 7.63. The first-order valence-electron chi connectivity index (χ1n) is 3.84. The molecule has 0 bridgehead atoms. The number of pyridine rings is 1. The molecule has 0 N–H and O–H groups in total. The van der Waals surface area contributed by atoms with Crippen molar-refractivity contribution in [2.75, 3.05) is 0 Å². The number of hydrogen-bond donors (Lipinski definition) is 0. The molecule has 0 saturated heterocycles. The summed E-state index contributed by atoms with van der Waals surface area (Å²) in [6.45, 7) is 0. The van der Waals surface area contributed by atoms with Crippen molar-refractivity contribution < 1.29 is 31.3 Å². The van der Waals surface area contributed by atoms with Crippen LogP contribution in [0.25, 0.3) is 0 Å². The number of nitro groups is 1. The summed E-state index contributed by atoms with van der Waals surface area (Å²) in [6, 6.07) is 0. The van der Waals surface area contributed by atoms with Gasteiger partial charge >= 0.3 is 12.0 Å². The Bertz CT molecular complexity index is 458. The van der Waals surface area contributed by atoms with Crippen molar-refractivity contribution in [2.45, 2.75) is 12.6 Å². The van der Waals surface area contributed by atoms with E-state index < -0.39 is 40.3 Å². The minimum absolute atomic E-state index is 0.0468. The van der Waals surface area contributed by atoms with Gasteiger partial charge in [-0.15, -0.1) is 0 Å². The highest BCUT2D eigenvalue weighted by Crippen LogP contribution is 2.41. The Balaban J connectivity index is 3.68.